The third-order valence-corrected chi connectivity index (χ3v) is 2.59. The van der Waals surface area contributed by atoms with Crippen molar-refractivity contribution in [3.05, 3.63) is 29.8 Å². The number of alkyl halides is 1. The first-order valence-corrected chi connectivity index (χ1v) is 4.99. The van der Waals surface area contributed by atoms with Gasteiger partial charge in [-0.25, -0.2) is 0 Å². The number of benzene rings is 1. The molecule has 0 unspecified atom stereocenters. The molecule has 1 aromatic rings. The Balaban J connectivity index is 2.64. The number of hydrogen-bond donors (Lipinski definition) is 2. The van der Waals surface area contributed by atoms with Gasteiger partial charge in [-0.1, -0.05) is 34.7 Å². The number of halogens is 1. The normalized spacial score (nSPS) is 12.4. The molecule has 0 amide bonds. The summed E-state index contributed by atoms with van der Waals surface area (Å²) in [7, 11) is 0. The van der Waals surface area contributed by atoms with Gasteiger partial charge in [0.15, 0.2) is 0 Å². The molecule has 0 aliphatic heterocycles. The van der Waals surface area contributed by atoms with Crippen molar-refractivity contribution in [1.29, 1.82) is 0 Å². The van der Waals surface area contributed by atoms with Gasteiger partial charge in [0, 0.05) is 0 Å². The van der Waals surface area contributed by atoms with Crippen LogP contribution in [0.2, 0.25) is 0 Å². The van der Waals surface area contributed by atoms with Gasteiger partial charge in [-0.15, -0.1) is 0 Å². The zero-order chi connectivity index (χ0) is 9.84. The lowest BCUT2D eigenvalue weighted by molar-refractivity contribution is -0.135. The van der Waals surface area contributed by atoms with Crippen molar-refractivity contribution in [1.82, 2.24) is 0 Å². The number of hydrogen-bond acceptors (Lipinski definition) is 2. The summed E-state index contributed by atoms with van der Waals surface area (Å²) in [5.74, 6) is -0.613. The van der Waals surface area contributed by atoms with Crippen molar-refractivity contribution in [2.24, 2.45) is 0 Å². The Labute approximate surface area is 89.5 Å². The van der Waals surface area contributed by atoms with Crippen LogP contribution in [0.5, 0.6) is 5.75 Å². The Kier molecular flexibility index (Phi) is 3.53. The van der Waals surface area contributed by atoms with Gasteiger partial charge in [0.1, 0.15) is 9.67 Å². The molecular formula is C9H9IO3. The van der Waals surface area contributed by atoms with E-state index in [1.54, 1.807) is 24.3 Å². The highest BCUT2D eigenvalue weighted by Gasteiger charge is 2.12. The van der Waals surface area contributed by atoms with Crippen LogP contribution in [-0.2, 0) is 11.2 Å². The number of carbonyl (C=O) groups is 1. The quantitative estimate of drug-likeness (QED) is 0.660. The SMILES string of the molecule is O=C(O)[C@@H](I)Cc1ccc(O)cc1. The van der Waals surface area contributed by atoms with Crippen molar-refractivity contribution in [2.75, 3.05) is 0 Å². The molecule has 0 aliphatic carbocycles. The highest BCUT2D eigenvalue weighted by molar-refractivity contribution is 14.1. The van der Waals surface area contributed by atoms with Crippen LogP contribution in [0.3, 0.4) is 0 Å². The average molecular weight is 292 g/mol. The second-order valence-corrected chi connectivity index (χ2v) is 4.18. The van der Waals surface area contributed by atoms with E-state index < -0.39 is 9.89 Å². The predicted molar refractivity (Wildman–Crippen MR) is 57.3 cm³/mol. The summed E-state index contributed by atoms with van der Waals surface area (Å²) in [5.41, 5.74) is 0.916. The van der Waals surface area contributed by atoms with E-state index >= 15 is 0 Å². The van der Waals surface area contributed by atoms with Gasteiger partial charge in [0.25, 0.3) is 0 Å². The molecule has 4 heteroatoms. The third-order valence-electron chi connectivity index (χ3n) is 1.62. The maximum absolute atomic E-state index is 10.5. The molecule has 0 saturated heterocycles. The average Bonchev–Trinajstić information content (AvgIpc) is 2.08. The lowest BCUT2D eigenvalue weighted by Crippen LogP contribution is -2.14. The number of phenols is 1. The topological polar surface area (TPSA) is 57.5 Å². The van der Waals surface area contributed by atoms with E-state index in [0.717, 1.165) is 5.56 Å². The van der Waals surface area contributed by atoms with Gasteiger partial charge in [0.05, 0.1) is 0 Å². The van der Waals surface area contributed by atoms with Crippen LogP contribution in [0.1, 0.15) is 5.56 Å². The number of aromatic hydroxyl groups is 1. The summed E-state index contributed by atoms with van der Waals surface area (Å²) in [6, 6.07) is 6.56. The molecule has 0 bridgehead atoms. The van der Waals surface area contributed by atoms with Crippen molar-refractivity contribution in [2.45, 2.75) is 10.3 Å². The highest BCUT2D eigenvalue weighted by Crippen LogP contribution is 2.14. The van der Waals surface area contributed by atoms with Crippen LogP contribution in [0.4, 0.5) is 0 Å². The van der Waals surface area contributed by atoms with E-state index in [1.807, 2.05) is 22.6 Å². The monoisotopic (exact) mass is 292 g/mol. The second-order valence-electron chi connectivity index (χ2n) is 2.68. The smallest absolute Gasteiger partial charge is 0.316 e. The molecular weight excluding hydrogens is 283 g/mol. The van der Waals surface area contributed by atoms with Crippen molar-refractivity contribution < 1.29 is 15.0 Å². The summed E-state index contributed by atoms with van der Waals surface area (Å²) < 4.78 is -0.415. The van der Waals surface area contributed by atoms with E-state index in [1.165, 1.54) is 0 Å². The largest absolute Gasteiger partial charge is 0.508 e. The van der Waals surface area contributed by atoms with E-state index in [4.69, 9.17) is 10.2 Å². The molecule has 2 N–H and O–H groups in total. The molecule has 3 nitrogen and oxygen atoms in total. The molecule has 0 fully saturated rings. The zero-order valence-corrected chi connectivity index (χ0v) is 8.93. The third kappa shape index (κ3) is 3.22. The molecule has 0 aliphatic rings. The molecule has 0 saturated carbocycles. The Morgan fingerprint density at radius 2 is 1.92 bits per heavy atom. The lowest BCUT2D eigenvalue weighted by Gasteiger charge is -2.04. The van der Waals surface area contributed by atoms with Crippen LogP contribution in [-0.4, -0.2) is 20.1 Å². The van der Waals surface area contributed by atoms with Crippen LogP contribution < -0.4 is 0 Å². The summed E-state index contributed by atoms with van der Waals surface area (Å²) in [6.45, 7) is 0. The zero-order valence-electron chi connectivity index (χ0n) is 6.77. The standard InChI is InChI=1S/C9H9IO3/c10-8(9(12)13)5-6-1-3-7(11)4-2-6/h1-4,8,11H,5H2,(H,12,13)/t8-/m0/s1. The minimum absolute atomic E-state index is 0.198. The van der Waals surface area contributed by atoms with Crippen LogP contribution >= 0.6 is 22.6 Å². The van der Waals surface area contributed by atoms with Gasteiger partial charge < -0.3 is 10.2 Å². The first kappa shape index (κ1) is 10.3. The number of aliphatic carboxylic acids is 1. The molecule has 70 valence electrons. The van der Waals surface area contributed by atoms with E-state index in [0.29, 0.717) is 6.42 Å². The molecule has 1 atom stereocenters. The number of rotatable bonds is 3. The van der Waals surface area contributed by atoms with Gasteiger partial charge in [-0.3, -0.25) is 4.79 Å². The fraction of sp³-hybridized carbons (Fsp3) is 0.222. The molecule has 0 radical (unpaired) electrons. The first-order valence-electron chi connectivity index (χ1n) is 3.74. The maximum Gasteiger partial charge on any atom is 0.316 e. The summed E-state index contributed by atoms with van der Waals surface area (Å²) in [6.07, 6.45) is 0.482. The van der Waals surface area contributed by atoms with E-state index in [2.05, 4.69) is 0 Å². The first-order chi connectivity index (χ1) is 6.09. The number of carboxylic acid groups (broad SMARTS) is 1. The van der Waals surface area contributed by atoms with Gasteiger partial charge in [0.2, 0.25) is 0 Å². The number of carboxylic acids is 1. The molecule has 0 heterocycles. The number of phenolic OH excluding ortho intramolecular Hbond substituents is 1. The molecule has 1 rings (SSSR count). The lowest BCUT2D eigenvalue weighted by atomic mass is 10.1. The second kappa shape index (κ2) is 4.45. The molecule has 1 aromatic carbocycles. The summed E-state index contributed by atoms with van der Waals surface area (Å²) in [5, 5.41) is 17.6. The highest BCUT2D eigenvalue weighted by atomic mass is 127. The molecule has 0 aromatic heterocycles. The van der Waals surface area contributed by atoms with E-state index in [-0.39, 0.29) is 5.75 Å². The fourth-order valence-corrected chi connectivity index (χ4v) is 1.43. The van der Waals surface area contributed by atoms with Gasteiger partial charge in [-0.05, 0) is 24.1 Å². The maximum atomic E-state index is 10.5. The fourth-order valence-electron chi connectivity index (χ4n) is 0.926. The van der Waals surface area contributed by atoms with Crippen LogP contribution in [0.15, 0.2) is 24.3 Å². The van der Waals surface area contributed by atoms with Gasteiger partial charge >= 0.3 is 5.97 Å². The minimum Gasteiger partial charge on any atom is -0.508 e. The van der Waals surface area contributed by atoms with Crippen molar-refractivity contribution in [3.8, 4) is 5.75 Å². The van der Waals surface area contributed by atoms with Crippen LogP contribution in [0, 0.1) is 0 Å². The van der Waals surface area contributed by atoms with Gasteiger partial charge in [-0.2, -0.15) is 0 Å². The van der Waals surface area contributed by atoms with Crippen LogP contribution in [0.25, 0.3) is 0 Å². The van der Waals surface area contributed by atoms with Crippen molar-refractivity contribution >= 4 is 28.6 Å². The summed E-state index contributed by atoms with van der Waals surface area (Å²) in [4.78, 5) is 10.5. The minimum atomic E-state index is -0.811. The Morgan fingerprint density at radius 3 is 2.38 bits per heavy atom. The van der Waals surface area contributed by atoms with E-state index in [9.17, 15) is 4.79 Å². The Bertz CT molecular complexity index is 294. The Morgan fingerprint density at radius 1 is 1.38 bits per heavy atom. The summed E-state index contributed by atoms with van der Waals surface area (Å²) >= 11 is 1.88. The predicted octanol–water partition coefficient (Wildman–Crippen LogP) is 1.82. The van der Waals surface area contributed by atoms with Crippen molar-refractivity contribution in [3.63, 3.8) is 0 Å². The molecule has 0 spiro atoms. The Hall–Kier alpha value is -0.780. The molecule has 13 heavy (non-hydrogen) atoms.